The molecule has 44 heavy (non-hydrogen) atoms. The van der Waals surface area contributed by atoms with Gasteiger partial charge in [0.05, 0.1) is 11.0 Å². The summed E-state index contributed by atoms with van der Waals surface area (Å²) in [5, 5.41) is 4.78. The Kier molecular flexibility index (Phi) is 4.72. The van der Waals surface area contributed by atoms with E-state index in [9.17, 15) is 0 Å². The predicted molar refractivity (Wildman–Crippen MR) is 181 cm³/mol. The first-order valence-electron chi connectivity index (χ1n) is 15.0. The minimum absolute atomic E-state index is 0.932. The average Bonchev–Trinajstić information content (AvgIpc) is 3.77. The van der Waals surface area contributed by atoms with E-state index in [4.69, 9.17) is 9.40 Å². The number of nitrogens with zero attached hydrogens (tertiary/aromatic N) is 2. The van der Waals surface area contributed by atoms with E-state index in [2.05, 4.69) is 132 Å². The Labute approximate surface area is 253 Å². The summed E-state index contributed by atoms with van der Waals surface area (Å²) in [6.07, 6.45) is 0. The highest BCUT2D eigenvalue weighted by Gasteiger charge is 2.27. The summed E-state index contributed by atoms with van der Waals surface area (Å²) in [5.41, 5.74) is 13.7. The number of rotatable bonds is 3. The normalized spacial score (nSPS) is 12.1. The van der Waals surface area contributed by atoms with Gasteiger partial charge in [-0.1, -0.05) is 109 Å². The molecular formula is C41H24N2O. The van der Waals surface area contributed by atoms with Crippen molar-refractivity contribution in [2.24, 2.45) is 0 Å². The molecule has 3 nitrogen and oxygen atoms in total. The molecule has 0 spiro atoms. The number of aromatic nitrogens is 2. The quantitative estimate of drug-likeness (QED) is 0.215. The average molecular weight is 561 g/mol. The molecule has 7 aromatic carbocycles. The molecule has 2 heterocycles. The van der Waals surface area contributed by atoms with Crippen molar-refractivity contribution in [3.63, 3.8) is 0 Å². The molecule has 3 heteroatoms. The van der Waals surface area contributed by atoms with Crippen LogP contribution in [0.4, 0.5) is 0 Å². The third kappa shape index (κ3) is 3.18. The number of hydrogen-bond donors (Lipinski definition) is 0. The van der Waals surface area contributed by atoms with E-state index in [1.165, 1.54) is 49.5 Å². The second-order valence-electron chi connectivity index (χ2n) is 11.5. The summed E-state index contributed by atoms with van der Waals surface area (Å²) in [6.45, 7) is 0. The minimum atomic E-state index is 0.932. The van der Waals surface area contributed by atoms with E-state index >= 15 is 0 Å². The Morgan fingerprint density at radius 1 is 0.500 bits per heavy atom. The highest BCUT2D eigenvalue weighted by molar-refractivity contribution is 6.27. The number of furan rings is 1. The third-order valence-electron chi connectivity index (χ3n) is 9.15. The van der Waals surface area contributed by atoms with Gasteiger partial charge in [0, 0.05) is 32.8 Å². The van der Waals surface area contributed by atoms with E-state index in [1.54, 1.807) is 0 Å². The monoisotopic (exact) mass is 560 g/mol. The van der Waals surface area contributed by atoms with Gasteiger partial charge in [0.2, 0.25) is 0 Å². The van der Waals surface area contributed by atoms with Crippen LogP contribution in [0.15, 0.2) is 150 Å². The SMILES string of the molecule is c1ccc(-c2nc3ccccc3n2-c2ccc(-c3cccc4c3-c3cccc5c3c-4cc3c4ccccc4oc53)cc2)cc1. The summed E-state index contributed by atoms with van der Waals surface area (Å²) in [7, 11) is 0. The van der Waals surface area contributed by atoms with Gasteiger partial charge < -0.3 is 4.42 Å². The Balaban J connectivity index is 1.15. The molecule has 0 amide bonds. The fourth-order valence-corrected chi connectivity index (χ4v) is 7.24. The number of hydrogen-bond acceptors (Lipinski definition) is 2. The largest absolute Gasteiger partial charge is 0.455 e. The number of benzene rings is 7. The van der Waals surface area contributed by atoms with Crippen LogP contribution < -0.4 is 0 Å². The van der Waals surface area contributed by atoms with E-state index < -0.39 is 0 Å². The number of para-hydroxylation sites is 3. The van der Waals surface area contributed by atoms with Gasteiger partial charge in [0.1, 0.15) is 17.0 Å². The second-order valence-corrected chi connectivity index (χ2v) is 11.5. The molecule has 2 aromatic heterocycles. The maximum Gasteiger partial charge on any atom is 0.145 e. The van der Waals surface area contributed by atoms with Gasteiger partial charge >= 0.3 is 0 Å². The zero-order valence-corrected chi connectivity index (χ0v) is 23.7. The molecule has 0 saturated heterocycles. The van der Waals surface area contributed by atoms with Crippen LogP contribution in [0.25, 0.3) is 94.2 Å². The first-order valence-corrected chi connectivity index (χ1v) is 15.0. The Hall–Kier alpha value is -5.93. The van der Waals surface area contributed by atoms with Crippen molar-refractivity contribution in [3.05, 3.63) is 146 Å². The highest BCUT2D eigenvalue weighted by Crippen LogP contribution is 2.53. The maximum absolute atomic E-state index is 6.43. The fourth-order valence-electron chi connectivity index (χ4n) is 7.24. The summed E-state index contributed by atoms with van der Waals surface area (Å²) in [4.78, 5) is 5.02. The summed E-state index contributed by atoms with van der Waals surface area (Å²) in [6, 6.07) is 51.7. The lowest BCUT2D eigenvalue weighted by Gasteiger charge is -2.13. The molecule has 0 aliphatic heterocycles. The van der Waals surface area contributed by atoms with E-state index in [0.717, 1.165) is 44.7 Å². The van der Waals surface area contributed by atoms with Crippen molar-refractivity contribution in [3.8, 4) is 50.5 Å². The fraction of sp³-hybridized carbons (Fsp3) is 0. The molecule has 0 fully saturated rings. The van der Waals surface area contributed by atoms with Crippen molar-refractivity contribution in [1.82, 2.24) is 9.55 Å². The molecule has 0 unspecified atom stereocenters. The van der Waals surface area contributed by atoms with Crippen LogP contribution in [0.1, 0.15) is 0 Å². The predicted octanol–water partition coefficient (Wildman–Crippen LogP) is 11.1. The van der Waals surface area contributed by atoms with Crippen LogP contribution in [-0.2, 0) is 0 Å². The van der Waals surface area contributed by atoms with Gasteiger partial charge in [0.25, 0.3) is 0 Å². The van der Waals surface area contributed by atoms with Crippen molar-refractivity contribution < 1.29 is 4.42 Å². The molecule has 1 aliphatic rings. The maximum atomic E-state index is 6.43. The standard InChI is InChI=1S/C41H24N2O/c1-2-10-26(11-3-1)41-42-35-17-5-6-18-36(35)43(41)27-22-20-25(21-23-27)28-13-8-14-30-33-24-34-29-12-4-7-19-37(29)44-40(34)32-16-9-15-31(38(28)30)39(32)33/h1-24H. The molecule has 0 saturated carbocycles. The Morgan fingerprint density at radius 3 is 2.14 bits per heavy atom. The molecule has 204 valence electrons. The van der Waals surface area contributed by atoms with Gasteiger partial charge in [0.15, 0.2) is 0 Å². The van der Waals surface area contributed by atoms with Crippen molar-refractivity contribution in [2.75, 3.05) is 0 Å². The van der Waals surface area contributed by atoms with Crippen LogP contribution in [0.3, 0.4) is 0 Å². The molecule has 9 aromatic rings. The van der Waals surface area contributed by atoms with Gasteiger partial charge in [-0.3, -0.25) is 4.57 Å². The van der Waals surface area contributed by atoms with E-state index in [0.29, 0.717) is 0 Å². The molecule has 1 aliphatic carbocycles. The van der Waals surface area contributed by atoms with Crippen molar-refractivity contribution in [2.45, 2.75) is 0 Å². The van der Waals surface area contributed by atoms with Crippen LogP contribution in [-0.4, -0.2) is 9.55 Å². The lowest BCUT2D eigenvalue weighted by Crippen LogP contribution is -1.97. The minimum Gasteiger partial charge on any atom is -0.455 e. The van der Waals surface area contributed by atoms with Crippen LogP contribution >= 0.6 is 0 Å². The van der Waals surface area contributed by atoms with Gasteiger partial charge in [-0.05, 0) is 69.8 Å². The molecule has 0 atom stereocenters. The molecular weight excluding hydrogens is 536 g/mol. The number of fused-ring (bicyclic) bond motifs is 8. The van der Waals surface area contributed by atoms with Crippen LogP contribution in [0, 0.1) is 0 Å². The molecule has 0 bridgehead atoms. The second kappa shape index (κ2) is 8.79. The third-order valence-corrected chi connectivity index (χ3v) is 9.15. The first-order chi connectivity index (χ1) is 21.8. The van der Waals surface area contributed by atoms with Gasteiger partial charge in [-0.15, -0.1) is 0 Å². The van der Waals surface area contributed by atoms with E-state index in [-0.39, 0.29) is 0 Å². The number of imidazole rings is 1. The Bertz CT molecular complexity index is 2590. The van der Waals surface area contributed by atoms with Crippen molar-refractivity contribution >= 4 is 43.7 Å². The van der Waals surface area contributed by atoms with Crippen LogP contribution in [0.2, 0.25) is 0 Å². The topological polar surface area (TPSA) is 31.0 Å². The first kappa shape index (κ1) is 23.6. The molecule has 0 N–H and O–H groups in total. The summed E-state index contributed by atoms with van der Waals surface area (Å²) >= 11 is 0. The molecule has 0 radical (unpaired) electrons. The summed E-state index contributed by atoms with van der Waals surface area (Å²) < 4.78 is 8.69. The lowest BCUT2D eigenvalue weighted by atomic mass is 9.93. The summed E-state index contributed by atoms with van der Waals surface area (Å²) in [5.74, 6) is 0.944. The van der Waals surface area contributed by atoms with Gasteiger partial charge in [-0.2, -0.15) is 0 Å². The van der Waals surface area contributed by atoms with Crippen LogP contribution in [0.5, 0.6) is 0 Å². The van der Waals surface area contributed by atoms with E-state index in [1.807, 2.05) is 18.2 Å². The zero-order valence-electron chi connectivity index (χ0n) is 23.7. The highest BCUT2D eigenvalue weighted by atomic mass is 16.3. The zero-order chi connectivity index (χ0) is 28.8. The van der Waals surface area contributed by atoms with Gasteiger partial charge in [-0.25, -0.2) is 4.98 Å². The van der Waals surface area contributed by atoms with Crippen molar-refractivity contribution in [1.29, 1.82) is 0 Å². The lowest BCUT2D eigenvalue weighted by molar-refractivity contribution is 0.672. The molecule has 10 rings (SSSR count). The smallest absolute Gasteiger partial charge is 0.145 e. The Morgan fingerprint density at radius 2 is 1.23 bits per heavy atom.